The Bertz CT molecular complexity index is 1020. The van der Waals surface area contributed by atoms with Gasteiger partial charge in [0.05, 0.1) is 29.2 Å². The van der Waals surface area contributed by atoms with Crippen molar-refractivity contribution in [1.82, 2.24) is 0 Å². The van der Waals surface area contributed by atoms with Gasteiger partial charge in [-0.25, -0.2) is 9.18 Å². The highest BCUT2D eigenvalue weighted by atomic mass is 19.1. The minimum absolute atomic E-state index is 0.0622. The topological polar surface area (TPSA) is 114 Å². The Labute approximate surface area is 163 Å². The monoisotopic (exact) mass is 403 g/mol. The molecule has 0 unspecified atom stereocenters. The molecule has 0 radical (unpaired) electrons. The van der Waals surface area contributed by atoms with E-state index < -0.39 is 29.1 Å². The third-order valence-electron chi connectivity index (χ3n) is 3.93. The molecule has 1 aliphatic rings. The third-order valence-corrected chi connectivity index (χ3v) is 3.93. The van der Waals surface area contributed by atoms with Gasteiger partial charge < -0.3 is 18.9 Å². The molecule has 2 aromatic rings. The van der Waals surface area contributed by atoms with Gasteiger partial charge in [-0.3, -0.25) is 14.9 Å². The summed E-state index contributed by atoms with van der Waals surface area (Å²) < 4.78 is 33.4. The summed E-state index contributed by atoms with van der Waals surface area (Å²) in [6, 6.07) is 5.92. The molecule has 0 atom stereocenters. The van der Waals surface area contributed by atoms with Gasteiger partial charge in [-0.1, -0.05) is 0 Å². The molecular weight excluding hydrogens is 389 g/mol. The van der Waals surface area contributed by atoms with Gasteiger partial charge in [-0.15, -0.1) is 0 Å². The molecule has 0 aromatic heterocycles. The Morgan fingerprint density at radius 2 is 1.97 bits per heavy atom. The molecule has 150 valence electrons. The molecule has 29 heavy (non-hydrogen) atoms. The van der Waals surface area contributed by atoms with Crippen molar-refractivity contribution in [3.63, 3.8) is 0 Å². The zero-order chi connectivity index (χ0) is 21.0. The standard InChI is InChI=1S/C19H14FNO8/c1-26-16-4-3-12(20)7-13(16)15(22)9-27-19(23)5-2-11-6-17-18(29-10-28-17)8-14(11)21(24)25/h2-8H,9-10H2,1H3/b5-2+. The van der Waals surface area contributed by atoms with E-state index in [0.717, 1.165) is 24.3 Å². The second kappa shape index (κ2) is 8.38. The van der Waals surface area contributed by atoms with E-state index in [1.807, 2.05) is 0 Å². The number of Topliss-reactive ketones (excluding diaryl/α,β-unsaturated/α-hetero) is 1. The normalized spacial score (nSPS) is 12.1. The number of nitro benzene ring substituents is 1. The number of carbonyl (C=O) groups is 2. The number of nitro groups is 1. The number of rotatable bonds is 7. The lowest BCUT2D eigenvalue weighted by molar-refractivity contribution is -0.385. The van der Waals surface area contributed by atoms with Gasteiger partial charge in [-0.2, -0.15) is 0 Å². The maximum absolute atomic E-state index is 13.3. The zero-order valence-corrected chi connectivity index (χ0v) is 15.0. The van der Waals surface area contributed by atoms with Gasteiger partial charge in [0, 0.05) is 6.08 Å². The van der Waals surface area contributed by atoms with Crippen LogP contribution < -0.4 is 14.2 Å². The average molecular weight is 403 g/mol. The van der Waals surface area contributed by atoms with Crippen LogP contribution in [0.1, 0.15) is 15.9 Å². The van der Waals surface area contributed by atoms with Crippen molar-refractivity contribution in [2.24, 2.45) is 0 Å². The molecule has 0 fully saturated rings. The third kappa shape index (κ3) is 4.49. The molecule has 0 bridgehead atoms. The Hall–Kier alpha value is -3.95. The van der Waals surface area contributed by atoms with Crippen molar-refractivity contribution in [3.8, 4) is 17.2 Å². The molecule has 0 saturated heterocycles. The largest absolute Gasteiger partial charge is 0.496 e. The van der Waals surface area contributed by atoms with E-state index in [1.165, 1.54) is 25.3 Å². The SMILES string of the molecule is COc1ccc(F)cc1C(=O)COC(=O)/C=C/c1cc2c(cc1[N+](=O)[O-])OCO2. The molecule has 0 N–H and O–H groups in total. The van der Waals surface area contributed by atoms with Crippen LogP contribution in [0.2, 0.25) is 0 Å². The Morgan fingerprint density at radius 1 is 1.24 bits per heavy atom. The molecule has 1 heterocycles. The maximum atomic E-state index is 13.3. The number of nitrogens with zero attached hydrogens (tertiary/aromatic N) is 1. The minimum atomic E-state index is -0.916. The first-order valence-corrected chi connectivity index (χ1v) is 8.18. The number of benzene rings is 2. The van der Waals surface area contributed by atoms with Crippen LogP contribution in [-0.2, 0) is 9.53 Å². The Balaban J connectivity index is 1.69. The lowest BCUT2D eigenvalue weighted by Crippen LogP contribution is -2.13. The molecule has 0 amide bonds. The number of halogens is 1. The summed E-state index contributed by atoms with van der Waals surface area (Å²) in [5.74, 6) is -1.56. The van der Waals surface area contributed by atoms with E-state index in [2.05, 4.69) is 0 Å². The summed E-state index contributed by atoms with van der Waals surface area (Å²) in [5, 5.41) is 11.2. The molecule has 9 nitrogen and oxygen atoms in total. The van der Waals surface area contributed by atoms with Crippen LogP contribution >= 0.6 is 0 Å². The highest BCUT2D eigenvalue weighted by Crippen LogP contribution is 2.38. The number of ether oxygens (including phenoxy) is 4. The highest BCUT2D eigenvalue weighted by Gasteiger charge is 2.22. The van der Waals surface area contributed by atoms with E-state index in [9.17, 15) is 24.1 Å². The fourth-order valence-corrected chi connectivity index (χ4v) is 2.56. The van der Waals surface area contributed by atoms with Gasteiger partial charge in [0.15, 0.2) is 18.1 Å². The molecule has 2 aromatic carbocycles. The van der Waals surface area contributed by atoms with Crippen LogP contribution in [0, 0.1) is 15.9 Å². The predicted octanol–water partition coefficient (Wildman–Crippen LogP) is 2.91. The van der Waals surface area contributed by atoms with Gasteiger partial charge in [0.25, 0.3) is 5.69 Å². The minimum Gasteiger partial charge on any atom is -0.496 e. The summed E-state index contributed by atoms with van der Waals surface area (Å²) in [7, 11) is 1.32. The summed E-state index contributed by atoms with van der Waals surface area (Å²) >= 11 is 0. The predicted molar refractivity (Wildman–Crippen MR) is 96.5 cm³/mol. The molecule has 0 saturated carbocycles. The number of ketones is 1. The van der Waals surface area contributed by atoms with Crippen LogP contribution in [0.25, 0.3) is 6.08 Å². The number of esters is 1. The maximum Gasteiger partial charge on any atom is 0.331 e. The van der Waals surface area contributed by atoms with E-state index in [1.54, 1.807) is 0 Å². The van der Waals surface area contributed by atoms with Crippen LogP contribution in [-0.4, -0.2) is 37.2 Å². The average Bonchev–Trinajstić information content (AvgIpc) is 3.17. The van der Waals surface area contributed by atoms with E-state index in [-0.39, 0.29) is 35.1 Å². The van der Waals surface area contributed by atoms with Crippen LogP contribution in [0.4, 0.5) is 10.1 Å². The number of methoxy groups -OCH3 is 1. The van der Waals surface area contributed by atoms with Gasteiger partial charge in [-0.05, 0) is 30.3 Å². The van der Waals surface area contributed by atoms with Crippen molar-refractivity contribution in [1.29, 1.82) is 0 Å². The summed E-state index contributed by atoms with van der Waals surface area (Å²) in [6.07, 6.45) is 2.09. The van der Waals surface area contributed by atoms with Crippen molar-refractivity contribution in [2.75, 3.05) is 20.5 Å². The van der Waals surface area contributed by atoms with Gasteiger partial charge in [0.2, 0.25) is 12.6 Å². The summed E-state index contributed by atoms with van der Waals surface area (Å²) in [5.41, 5.74) is -0.274. The van der Waals surface area contributed by atoms with Crippen molar-refractivity contribution >= 4 is 23.5 Å². The molecule has 3 rings (SSSR count). The highest BCUT2D eigenvalue weighted by molar-refractivity contribution is 6.01. The Kier molecular flexibility index (Phi) is 5.72. The molecular formula is C19H14FNO8. The van der Waals surface area contributed by atoms with Gasteiger partial charge in [0.1, 0.15) is 11.6 Å². The van der Waals surface area contributed by atoms with Gasteiger partial charge >= 0.3 is 5.97 Å². The lowest BCUT2D eigenvalue weighted by Gasteiger charge is -2.07. The fourth-order valence-electron chi connectivity index (χ4n) is 2.56. The molecule has 1 aliphatic heterocycles. The molecule has 10 heteroatoms. The first-order valence-electron chi connectivity index (χ1n) is 8.18. The summed E-state index contributed by atoms with van der Waals surface area (Å²) in [4.78, 5) is 34.6. The molecule has 0 spiro atoms. The number of carbonyl (C=O) groups excluding carboxylic acids is 2. The quantitative estimate of drug-likeness (QED) is 0.228. The summed E-state index contributed by atoms with van der Waals surface area (Å²) in [6.45, 7) is -0.723. The van der Waals surface area contributed by atoms with Crippen LogP contribution in [0.15, 0.2) is 36.4 Å². The van der Waals surface area contributed by atoms with Crippen LogP contribution in [0.5, 0.6) is 17.2 Å². The number of hydrogen-bond acceptors (Lipinski definition) is 8. The molecule has 0 aliphatic carbocycles. The first kappa shape index (κ1) is 19.8. The van der Waals surface area contributed by atoms with Crippen molar-refractivity contribution < 1.29 is 37.9 Å². The van der Waals surface area contributed by atoms with E-state index in [0.29, 0.717) is 5.75 Å². The lowest BCUT2D eigenvalue weighted by atomic mass is 10.1. The zero-order valence-electron chi connectivity index (χ0n) is 15.0. The van der Waals surface area contributed by atoms with Crippen LogP contribution in [0.3, 0.4) is 0 Å². The van der Waals surface area contributed by atoms with Crippen molar-refractivity contribution in [2.45, 2.75) is 0 Å². The second-order valence-electron chi connectivity index (χ2n) is 5.73. The first-order chi connectivity index (χ1) is 13.9. The Morgan fingerprint density at radius 3 is 2.66 bits per heavy atom. The van der Waals surface area contributed by atoms with Crippen molar-refractivity contribution in [3.05, 3.63) is 63.5 Å². The van der Waals surface area contributed by atoms with E-state index in [4.69, 9.17) is 18.9 Å². The van der Waals surface area contributed by atoms with E-state index >= 15 is 0 Å². The number of hydrogen-bond donors (Lipinski definition) is 0. The second-order valence-corrected chi connectivity index (χ2v) is 5.73. The number of fused-ring (bicyclic) bond motifs is 1. The smallest absolute Gasteiger partial charge is 0.331 e. The fraction of sp³-hybridized carbons (Fsp3) is 0.158.